The summed E-state index contributed by atoms with van der Waals surface area (Å²) in [6.45, 7) is 6.48. The molecule has 1 saturated heterocycles. The molecule has 1 aliphatic heterocycles. The zero-order valence-electron chi connectivity index (χ0n) is 11.9. The predicted octanol–water partition coefficient (Wildman–Crippen LogP) is 1.98. The highest BCUT2D eigenvalue weighted by Crippen LogP contribution is 2.16. The number of rotatable bonds is 1. The maximum Gasteiger partial charge on any atom is 0.253 e. The first-order valence-electron chi connectivity index (χ1n) is 7.03. The van der Waals surface area contributed by atoms with E-state index < -0.39 is 0 Å². The van der Waals surface area contributed by atoms with Crippen LogP contribution in [0.1, 0.15) is 23.0 Å². The Balaban J connectivity index is 1.89. The Morgan fingerprint density at radius 1 is 1.35 bits per heavy atom. The molecule has 1 aromatic carbocycles. The lowest BCUT2D eigenvalue weighted by Crippen LogP contribution is -2.51. The lowest BCUT2D eigenvalue weighted by molar-refractivity contribution is 0.0709. The van der Waals surface area contributed by atoms with E-state index in [0.717, 1.165) is 41.8 Å². The van der Waals surface area contributed by atoms with Crippen LogP contribution in [-0.4, -0.2) is 41.5 Å². The van der Waals surface area contributed by atoms with Gasteiger partial charge in [-0.15, -0.1) is 0 Å². The molecule has 3 rings (SSSR count). The van der Waals surface area contributed by atoms with Gasteiger partial charge in [0.05, 0.1) is 5.52 Å². The molecule has 0 radical (unpaired) electrons. The highest BCUT2D eigenvalue weighted by molar-refractivity contribution is 5.98. The van der Waals surface area contributed by atoms with Gasteiger partial charge in [-0.25, -0.2) is 0 Å². The predicted molar refractivity (Wildman–Crippen MR) is 79.8 cm³/mol. The molecule has 1 atom stereocenters. The average molecular weight is 269 g/mol. The fourth-order valence-electron chi connectivity index (χ4n) is 2.66. The van der Waals surface area contributed by atoms with E-state index in [-0.39, 0.29) is 5.91 Å². The van der Waals surface area contributed by atoms with E-state index >= 15 is 0 Å². The lowest BCUT2D eigenvalue weighted by Gasteiger charge is -2.32. The number of nitrogens with zero attached hydrogens (tertiary/aromatic N) is 2. The van der Waals surface area contributed by atoms with E-state index in [0.29, 0.717) is 6.04 Å². The Morgan fingerprint density at radius 2 is 2.20 bits per heavy atom. The Morgan fingerprint density at radius 3 is 3.00 bits per heavy atom. The number of carbonyl (C=O) groups excluding carboxylic acids is 1. The molecule has 0 aliphatic carbocycles. The van der Waals surface area contributed by atoms with Gasteiger partial charge in [0.1, 0.15) is 0 Å². The molecule has 2 heterocycles. The van der Waals surface area contributed by atoms with Gasteiger partial charge in [-0.3, -0.25) is 9.78 Å². The number of nitrogens with one attached hydrogen (secondary N) is 1. The van der Waals surface area contributed by atoms with E-state index in [9.17, 15) is 4.79 Å². The summed E-state index contributed by atoms with van der Waals surface area (Å²) < 4.78 is 0. The quantitative estimate of drug-likeness (QED) is 0.861. The maximum absolute atomic E-state index is 12.5. The second-order valence-electron chi connectivity index (χ2n) is 5.47. The largest absolute Gasteiger partial charge is 0.336 e. The minimum absolute atomic E-state index is 0.112. The lowest BCUT2D eigenvalue weighted by atomic mass is 10.1. The number of pyridine rings is 1. The SMILES string of the molecule is Cc1ccc2cc(C(=O)N3CCN[C@H](C)C3)ccc2n1. The van der Waals surface area contributed by atoms with Crippen molar-refractivity contribution in [1.29, 1.82) is 0 Å². The zero-order valence-corrected chi connectivity index (χ0v) is 11.9. The number of hydrogen-bond acceptors (Lipinski definition) is 3. The van der Waals surface area contributed by atoms with Crippen LogP contribution in [0.3, 0.4) is 0 Å². The van der Waals surface area contributed by atoms with E-state index in [1.807, 2.05) is 42.2 Å². The van der Waals surface area contributed by atoms with Gasteiger partial charge in [-0.2, -0.15) is 0 Å². The molecule has 2 aromatic rings. The number of aromatic nitrogens is 1. The molecule has 4 heteroatoms. The number of benzene rings is 1. The summed E-state index contributed by atoms with van der Waals surface area (Å²) in [5.41, 5.74) is 2.68. The first kappa shape index (κ1) is 13.1. The Hall–Kier alpha value is -1.94. The summed E-state index contributed by atoms with van der Waals surface area (Å²) in [5.74, 6) is 0.112. The van der Waals surface area contributed by atoms with Gasteiger partial charge in [-0.05, 0) is 38.1 Å². The van der Waals surface area contributed by atoms with Crippen molar-refractivity contribution in [2.24, 2.45) is 0 Å². The number of aryl methyl sites for hydroxylation is 1. The van der Waals surface area contributed by atoms with E-state index in [1.165, 1.54) is 0 Å². The van der Waals surface area contributed by atoms with Gasteiger partial charge in [0, 0.05) is 42.3 Å². The van der Waals surface area contributed by atoms with Crippen molar-refractivity contribution in [3.63, 3.8) is 0 Å². The molecular weight excluding hydrogens is 250 g/mol. The normalized spacial score (nSPS) is 19.3. The smallest absolute Gasteiger partial charge is 0.253 e. The van der Waals surface area contributed by atoms with E-state index in [4.69, 9.17) is 0 Å². The van der Waals surface area contributed by atoms with Gasteiger partial charge < -0.3 is 10.2 Å². The molecule has 1 aromatic heterocycles. The molecule has 0 spiro atoms. The number of fused-ring (bicyclic) bond motifs is 1. The fraction of sp³-hybridized carbons (Fsp3) is 0.375. The minimum atomic E-state index is 0.112. The fourth-order valence-corrected chi connectivity index (χ4v) is 2.66. The molecule has 20 heavy (non-hydrogen) atoms. The van der Waals surface area contributed by atoms with Crippen molar-refractivity contribution in [2.75, 3.05) is 19.6 Å². The molecule has 0 saturated carbocycles. The van der Waals surface area contributed by atoms with Crippen LogP contribution in [0.4, 0.5) is 0 Å². The van der Waals surface area contributed by atoms with Crippen molar-refractivity contribution in [3.05, 3.63) is 41.6 Å². The number of piperazine rings is 1. The average Bonchev–Trinajstić information content (AvgIpc) is 2.46. The van der Waals surface area contributed by atoms with Crippen LogP contribution < -0.4 is 5.32 Å². The highest BCUT2D eigenvalue weighted by atomic mass is 16.2. The third-order valence-corrected chi connectivity index (χ3v) is 3.73. The Labute approximate surface area is 118 Å². The summed E-state index contributed by atoms with van der Waals surface area (Å²) in [6.07, 6.45) is 0. The molecule has 0 bridgehead atoms. The van der Waals surface area contributed by atoms with Crippen molar-refractivity contribution in [1.82, 2.24) is 15.2 Å². The van der Waals surface area contributed by atoms with Crippen LogP contribution in [0.2, 0.25) is 0 Å². The summed E-state index contributed by atoms with van der Waals surface area (Å²) in [6, 6.07) is 10.1. The van der Waals surface area contributed by atoms with Crippen molar-refractivity contribution in [2.45, 2.75) is 19.9 Å². The number of hydrogen-bond donors (Lipinski definition) is 1. The molecular formula is C16H19N3O. The van der Waals surface area contributed by atoms with Crippen molar-refractivity contribution >= 4 is 16.8 Å². The summed E-state index contributed by atoms with van der Waals surface area (Å²) in [5, 5.41) is 4.37. The second kappa shape index (κ2) is 5.21. The van der Waals surface area contributed by atoms with Crippen LogP contribution in [-0.2, 0) is 0 Å². The summed E-state index contributed by atoms with van der Waals surface area (Å²) >= 11 is 0. The van der Waals surface area contributed by atoms with Gasteiger partial charge in [0.25, 0.3) is 5.91 Å². The van der Waals surface area contributed by atoms with Gasteiger partial charge in [0.15, 0.2) is 0 Å². The molecule has 104 valence electrons. The van der Waals surface area contributed by atoms with Crippen LogP contribution in [0.5, 0.6) is 0 Å². The first-order valence-corrected chi connectivity index (χ1v) is 7.03. The monoisotopic (exact) mass is 269 g/mol. The third kappa shape index (κ3) is 2.51. The van der Waals surface area contributed by atoms with Crippen LogP contribution >= 0.6 is 0 Å². The van der Waals surface area contributed by atoms with E-state index in [2.05, 4.69) is 17.2 Å². The maximum atomic E-state index is 12.5. The Kier molecular flexibility index (Phi) is 3.40. The summed E-state index contributed by atoms with van der Waals surface area (Å²) in [7, 11) is 0. The topological polar surface area (TPSA) is 45.2 Å². The minimum Gasteiger partial charge on any atom is -0.336 e. The van der Waals surface area contributed by atoms with Crippen molar-refractivity contribution in [3.8, 4) is 0 Å². The molecule has 1 N–H and O–H groups in total. The van der Waals surface area contributed by atoms with Crippen LogP contribution in [0.25, 0.3) is 10.9 Å². The van der Waals surface area contributed by atoms with Gasteiger partial charge >= 0.3 is 0 Å². The van der Waals surface area contributed by atoms with Crippen LogP contribution in [0.15, 0.2) is 30.3 Å². The molecule has 1 amide bonds. The van der Waals surface area contributed by atoms with Crippen molar-refractivity contribution < 1.29 is 4.79 Å². The summed E-state index contributed by atoms with van der Waals surface area (Å²) in [4.78, 5) is 18.9. The second-order valence-corrected chi connectivity index (χ2v) is 5.47. The zero-order chi connectivity index (χ0) is 14.1. The first-order chi connectivity index (χ1) is 9.63. The molecule has 1 aliphatic rings. The molecule has 4 nitrogen and oxygen atoms in total. The van der Waals surface area contributed by atoms with Gasteiger partial charge in [-0.1, -0.05) is 6.07 Å². The standard InChI is InChI=1S/C16H19N3O/c1-11-3-4-13-9-14(5-6-15(13)18-11)16(20)19-8-7-17-12(2)10-19/h3-6,9,12,17H,7-8,10H2,1-2H3/t12-/m1/s1. The van der Waals surface area contributed by atoms with Crippen LogP contribution in [0, 0.1) is 6.92 Å². The molecule has 0 unspecified atom stereocenters. The highest BCUT2D eigenvalue weighted by Gasteiger charge is 2.21. The Bertz CT molecular complexity index is 653. The number of carbonyl (C=O) groups is 1. The van der Waals surface area contributed by atoms with E-state index in [1.54, 1.807) is 0 Å². The molecule has 1 fully saturated rings. The van der Waals surface area contributed by atoms with Gasteiger partial charge in [0.2, 0.25) is 0 Å². The number of amides is 1. The third-order valence-electron chi connectivity index (χ3n) is 3.73.